The molecule has 21 heavy (non-hydrogen) atoms. The number of pyridine rings is 1. The first-order valence-electron chi connectivity index (χ1n) is 5.34. The fraction of sp³-hybridized carbons (Fsp3) is 0.455. The number of rotatable bonds is 6. The van der Waals surface area contributed by atoms with Gasteiger partial charge in [-0.1, -0.05) is 0 Å². The molecular weight excluding hydrogens is 311 g/mol. The van der Waals surface area contributed by atoms with Crippen LogP contribution in [-0.2, 0) is 10.9 Å². The summed E-state index contributed by atoms with van der Waals surface area (Å²) in [4.78, 5) is 14.8. The van der Waals surface area contributed by atoms with Crippen molar-refractivity contribution in [3.05, 3.63) is 29.6 Å². The number of hydrogen-bond acceptors (Lipinski definition) is 3. The van der Waals surface area contributed by atoms with E-state index in [9.17, 15) is 35.5 Å². The predicted molar refractivity (Wildman–Crippen MR) is 55.3 cm³/mol. The molecule has 0 saturated heterocycles. The minimum Gasteiger partial charge on any atom is -0.367 e. The fourth-order valence-corrected chi connectivity index (χ4v) is 1.28. The molecule has 0 aliphatic rings. The van der Waals surface area contributed by atoms with Crippen molar-refractivity contribution >= 4 is 5.78 Å². The van der Waals surface area contributed by atoms with E-state index in [0.717, 1.165) is 6.20 Å². The Morgan fingerprint density at radius 3 is 2.38 bits per heavy atom. The van der Waals surface area contributed by atoms with Gasteiger partial charge in [-0.05, 0) is 6.07 Å². The monoisotopic (exact) mass is 319 g/mol. The summed E-state index contributed by atoms with van der Waals surface area (Å²) in [7, 11) is 0. The van der Waals surface area contributed by atoms with Gasteiger partial charge in [0.05, 0.1) is 11.1 Å². The number of ether oxygens (including phenoxy) is 1. The summed E-state index contributed by atoms with van der Waals surface area (Å²) in [5, 5.41) is 0. The minimum atomic E-state index is -4.85. The Morgan fingerprint density at radius 2 is 1.86 bits per heavy atom. The number of ketones is 1. The quantitative estimate of drug-likeness (QED) is 0.597. The zero-order valence-electron chi connectivity index (χ0n) is 10.1. The van der Waals surface area contributed by atoms with Crippen molar-refractivity contribution in [2.45, 2.75) is 18.5 Å². The van der Waals surface area contributed by atoms with E-state index in [2.05, 4.69) is 9.72 Å². The molecule has 0 aromatic carbocycles. The Balaban J connectivity index is 2.74. The summed E-state index contributed by atoms with van der Waals surface area (Å²) in [5.41, 5.74) is -2.20. The molecule has 1 aromatic rings. The first-order chi connectivity index (χ1) is 9.55. The molecule has 0 bridgehead atoms. The maximum atomic E-state index is 12.6. The molecule has 0 atom stereocenters. The fourth-order valence-electron chi connectivity index (χ4n) is 1.28. The number of alkyl halides is 7. The van der Waals surface area contributed by atoms with Crippen molar-refractivity contribution in [2.24, 2.45) is 0 Å². The highest BCUT2D eigenvalue weighted by molar-refractivity contribution is 5.98. The minimum absolute atomic E-state index is 0.529. The van der Waals surface area contributed by atoms with Crippen molar-refractivity contribution in [1.82, 2.24) is 4.98 Å². The molecule has 1 aromatic heterocycles. The van der Waals surface area contributed by atoms with Gasteiger partial charge in [-0.15, -0.1) is 0 Å². The summed E-state index contributed by atoms with van der Waals surface area (Å²) in [6.07, 6.45) is -7.46. The van der Waals surface area contributed by atoms with Gasteiger partial charge in [-0.25, -0.2) is 8.78 Å². The summed E-state index contributed by atoms with van der Waals surface area (Å²) >= 11 is 0. The Bertz CT molecular complexity index is 502. The van der Waals surface area contributed by atoms with E-state index in [4.69, 9.17) is 0 Å². The molecule has 0 unspecified atom stereocenters. The maximum absolute atomic E-state index is 12.6. The molecule has 10 heteroatoms. The van der Waals surface area contributed by atoms with E-state index in [1.54, 1.807) is 0 Å². The van der Waals surface area contributed by atoms with Crippen LogP contribution < -0.4 is 0 Å². The summed E-state index contributed by atoms with van der Waals surface area (Å²) in [6, 6.07) is 0.529. The molecule has 0 fully saturated rings. The van der Waals surface area contributed by atoms with Crippen LogP contribution in [0.4, 0.5) is 30.7 Å². The van der Waals surface area contributed by atoms with Gasteiger partial charge in [0.25, 0.3) is 0 Å². The highest BCUT2D eigenvalue weighted by Crippen LogP contribution is 2.31. The van der Waals surface area contributed by atoms with Crippen molar-refractivity contribution in [1.29, 1.82) is 0 Å². The lowest BCUT2D eigenvalue weighted by Gasteiger charge is -2.15. The third-order valence-electron chi connectivity index (χ3n) is 2.27. The van der Waals surface area contributed by atoms with E-state index in [0.29, 0.717) is 12.3 Å². The first kappa shape index (κ1) is 17.3. The Morgan fingerprint density at radius 1 is 1.24 bits per heavy atom. The largest absolute Gasteiger partial charge is 0.417 e. The van der Waals surface area contributed by atoms with Crippen molar-refractivity contribution < 1.29 is 40.3 Å². The summed E-state index contributed by atoms with van der Waals surface area (Å²) < 4.78 is 90.4. The van der Waals surface area contributed by atoms with Gasteiger partial charge in [-0.2, -0.15) is 22.0 Å². The molecule has 1 heterocycles. The number of nitrogens with zero attached hydrogens (tertiary/aromatic N) is 1. The number of carbonyl (C=O) groups is 1. The lowest BCUT2D eigenvalue weighted by Crippen LogP contribution is -2.33. The molecule has 0 amide bonds. The smallest absolute Gasteiger partial charge is 0.367 e. The molecular formula is C11H8F7NO2. The highest BCUT2D eigenvalue weighted by atomic mass is 19.4. The van der Waals surface area contributed by atoms with E-state index in [1.165, 1.54) is 0 Å². The van der Waals surface area contributed by atoms with Crippen molar-refractivity contribution in [3.8, 4) is 0 Å². The van der Waals surface area contributed by atoms with Gasteiger partial charge in [0, 0.05) is 12.4 Å². The van der Waals surface area contributed by atoms with Gasteiger partial charge in [0.1, 0.15) is 13.2 Å². The third kappa shape index (κ3) is 4.66. The van der Waals surface area contributed by atoms with E-state index in [1.807, 2.05) is 0 Å². The number of Topliss-reactive ketones (excluding diaryl/α,β-unsaturated/α-hetero) is 1. The molecule has 0 spiro atoms. The second kappa shape index (κ2) is 6.37. The van der Waals surface area contributed by atoms with Crippen LogP contribution in [0.1, 0.15) is 15.9 Å². The lowest BCUT2D eigenvalue weighted by atomic mass is 10.1. The van der Waals surface area contributed by atoms with E-state index in [-0.39, 0.29) is 0 Å². The molecule has 0 radical (unpaired) electrons. The van der Waals surface area contributed by atoms with Crippen LogP contribution in [0.3, 0.4) is 0 Å². The lowest BCUT2D eigenvalue weighted by molar-refractivity contribution is -0.163. The van der Waals surface area contributed by atoms with Gasteiger partial charge in [-0.3, -0.25) is 9.78 Å². The zero-order valence-corrected chi connectivity index (χ0v) is 10.1. The van der Waals surface area contributed by atoms with E-state index < -0.39 is 48.6 Å². The Labute approximate surface area is 113 Å². The zero-order chi connectivity index (χ0) is 16.3. The van der Waals surface area contributed by atoms with Crippen LogP contribution in [0, 0.1) is 0 Å². The highest BCUT2D eigenvalue weighted by Gasteiger charge is 2.41. The second-order valence-corrected chi connectivity index (χ2v) is 3.90. The molecule has 3 nitrogen and oxygen atoms in total. The third-order valence-corrected chi connectivity index (χ3v) is 2.27. The van der Waals surface area contributed by atoms with Gasteiger partial charge in [0.15, 0.2) is 5.78 Å². The topological polar surface area (TPSA) is 39.2 Å². The van der Waals surface area contributed by atoms with Gasteiger partial charge in [0.2, 0.25) is 0 Å². The average molecular weight is 319 g/mol. The molecule has 0 saturated carbocycles. The number of hydrogen-bond donors (Lipinski definition) is 0. The van der Waals surface area contributed by atoms with Gasteiger partial charge >= 0.3 is 18.5 Å². The first-order valence-corrected chi connectivity index (χ1v) is 5.34. The average Bonchev–Trinajstić information content (AvgIpc) is 2.37. The normalized spacial score (nSPS) is 12.8. The van der Waals surface area contributed by atoms with Crippen LogP contribution in [-0.4, -0.2) is 36.3 Å². The SMILES string of the molecule is O=C(COCC(F)(F)C(F)F)c1cnccc1C(F)(F)F. The predicted octanol–water partition coefficient (Wildman–Crippen LogP) is 3.20. The number of aromatic nitrogens is 1. The standard InChI is InChI=1S/C11H8F7NO2/c12-9(13)10(14,15)5-21-4-8(20)6-3-19-2-1-7(6)11(16,17)18/h1-3,9H,4-5H2. The molecule has 0 N–H and O–H groups in total. The van der Waals surface area contributed by atoms with E-state index >= 15 is 0 Å². The van der Waals surface area contributed by atoms with Crippen molar-refractivity contribution in [3.63, 3.8) is 0 Å². The number of carbonyl (C=O) groups excluding carboxylic acids is 1. The molecule has 118 valence electrons. The number of halogens is 7. The summed E-state index contributed by atoms with van der Waals surface area (Å²) in [5.74, 6) is -5.78. The Kier molecular flexibility index (Phi) is 5.26. The van der Waals surface area contributed by atoms with Crippen molar-refractivity contribution in [2.75, 3.05) is 13.2 Å². The van der Waals surface area contributed by atoms with Crippen LogP contribution in [0.5, 0.6) is 0 Å². The van der Waals surface area contributed by atoms with Crippen LogP contribution in [0.15, 0.2) is 18.5 Å². The molecule has 0 aliphatic heterocycles. The molecule has 1 rings (SSSR count). The summed E-state index contributed by atoms with van der Waals surface area (Å²) in [6.45, 7) is -2.98. The van der Waals surface area contributed by atoms with Crippen LogP contribution in [0.25, 0.3) is 0 Å². The Hall–Kier alpha value is -1.71. The molecule has 0 aliphatic carbocycles. The maximum Gasteiger partial charge on any atom is 0.417 e. The van der Waals surface area contributed by atoms with Crippen LogP contribution >= 0.6 is 0 Å². The van der Waals surface area contributed by atoms with Gasteiger partial charge < -0.3 is 4.74 Å². The van der Waals surface area contributed by atoms with Crippen LogP contribution in [0.2, 0.25) is 0 Å². The second-order valence-electron chi connectivity index (χ2n) is 3.90.